The van der Waals surface area contributed by atoms with Crippen LogP contribution in [0.25, 0.3) is 0 Å². The normalized spacial score (nSPS) is 11.8. The molecule has 2 N–H and O–H groups in total. The van der Waals surface area contributed by atoms with E-state index in [1.54, 1.807) is 32.2 Å². The van der Waals surface area contributed by atoms with Crippen molar-refractivity contribution in [3.63, 3.8) is 0 Å². The van der Waals surface area contributed by atoms with Crippen molar-refractivity contribution >= 4 is 11.8 Å². The first-order valence-corrected chi connectivity index (χ1v) is 6.67. The monoisotopic (exact) mass is 278 g/mol. The number of aryl methyl sites for hydroxylation is 1. The number of rotatable bonds is 6. The summed E-state index contributed by atoms with van der Waals surface area (Å²) in [6.07, 6.45) is 0.0841. The van der Waals surface area contributed by atoms with Gasteiger partial charge >= 0.3 is 0 Å². The molecule has 0 aliphatic rings. The molecule has 0 saturated heterocycles. The molecule has 5 nitrogen and oxygen atoms in total. The predicted octanol–water partition coefficient (Wildman–Crippen LogP) is 0.954. The van der Waals surface area contributed by atoms with Gasteiger partial charge in [-0.3, -0.25) is 9.59 Å². The van der Waals surface area contributed by atoms with Crippen LogP contribution in [0.5, 0.6) is 0 Å². The van der Waals surface area contributed by atoms with Crippen LogP contribution in [-0.4, -0.2) is 48.1 Å². The number of aliphatic hydroxyl groups is 1. The van der Waals surface area contributed by atoms with Crippen molar-refractivity contribution in [1.82, 2.24) is 10.2 Å². The molecular formula is C15H22N2O3. The van der Waals surface area contributed by atoms with Gasteiger partial charge in [-0.05, 0) is 32.4 Å². The van der Waals surface area contributed by atoms with Gasteiger partial charge in [-0.1, -0.05) is 17.7 Å². The molecule has 110 valence electrons. The molecule has 0 aromatic heterocycles. The molecule has 20 heavy (non-hydrogen) atoms. The lowest BCUT2D eigenvalue weighted by Gasteiger charge is -2.18. The van der Waals surface area contributed by atoms with Crippen molar-refractivity contribution in [2.24, 2.45) is 0 Å². The minimum Gasteiger partial charge on any atom is -0.393 e. The topological polar surface area (TPSA) is 69.6 Å². The Kier molecular flexibility index (Phi) is 6.18. The molecule has 0 saturated carbocycles. The standard InChI is InChI=1S/C15H22N2O3/c1-11-5-4-6-13(9-11)15(20)16-10-14(19)17(3)8-7-12(2)18/h4-6,9,12,18H,7-8,10H2,1-3H3,(H,16,20). The third-order valence-corrected chi connectivity index (χ3v) is 2.99. The molecule has 1 rings (SSSR count). The first kappa shape index (κ1) is 16.2. The van der Waals surface area contributed by atoms with Crippen LogP contribution >= 0.6 is 0 Å². The number of nitrogens with zero attached hydrogens (tertiary/aromatic N) is 1. The van der Waals surface area contributed by atoms with Gasteiger partial charge in [0.05, 0.1) is 12.6 Å². The summed E-state index contributed by atoms with van der Waals surface area (Å²) in [5.74, 6) is -0.433. The number of likely N-dealkylation sites (N-methyl/N-ethyl adjacent to an activating group) is 1. The largest absolute Gasteiger partial charge is 0.393 e. The molecule has 0 aliphatic heterocycles. The predicted molar refractivity (Wildman–Crippen MR) is 77.4 cm³/mol. The second-order valence-electron chi connectivity index (χ2n) is 5.01. The Morgan fingerprint density at radius 3 is 2.70 bits per heavy atom. The van der Waals surface area contributed by atoms with E-state index < -0.39 is 6.10 Å². The van der Waals surface area contributed by atoms with E-state index in [2.05, 4.69) is 5.32 Å². The fraction of sp³-hybridized carbons (Fsp3) is 0.467. The van der Waals surface area contributed by atoms with E-state index in [1.807, 2.05) is 13.0 Å². The summed E-state index contributed by atoms with van der Waals surface area (Å²) in [5, 5.41) is 11.8. The van der Waals surface area contributed by atoms with E-state index in [1.165, 1.54) is 4.90 Å². The number of amides is 2. The maximum absolute atomic E-state index is 11.9. The molecule has 1 aromatic rings. The van der Waals surface area contributed by atoms with Crippen molar-refractivity contribution in [3.8, 4) is 0 Å². The van der Waals surface area contributed by atoms with E-state index >= 15 is 0 Å². The smallest absolute Gasteiger partial charge is 0.251 e. The molecule has 1 atom stereocenters. The average molecular weight is 278 g/mol. The van der Waals surface area contributed by atoms with Gasteiger partial charge < -0.3 is 15.3 Å². The summed E-state index contributed by atoms with van der Waals surface area (Å²) < 4.78 is 0. The van der Waals surface area contributed by atoms with Crippen LogP contribution in [0.15, 0.2) is 24.3 Å². The zero-order chi connectivity index (χ0) is 15.1. The van der Waals surface area contributed by atoms with Crippen LogP contribution in [0.3, 0.4) is 0 Å². The minimum absolute atomic E-state index is 0.0386. The summed E-state index contributed by atoms with van der Waals surface area (Å²) in [7, 11) is 1.66. The quantitative estimate of drug-likeness (QED) is 0.814. The van der Waals surface area contributed by atoms with E-state index in [4.69, 9.17) is 5.11 Å². The van der Waals surface area contributed by atoms with E-state index in [0.29, 0.717) is 18.5 Å². The summed E-state index contributed by atoms with van der Waals surface area (Å²) in [4.78, 5) is 25.2. The molecule has 0 bridgehead atoms. The van der Waals surface area contributed by atoms with Crippen molar-refractivity contribution in [2.75, 3.05) is 20.1 Å². The number of carbonyl (C=O) groups excluding carboxylic acids is 2. The highest BCUT2D eigenvalue weighted by Gasteiger charge is 2.12. The number of hydrogen-bond donors (Lipinski definition) is 2. The summed E-state index contributed by atoms with van der Waals surface area (Å²) in [6, 6.07) is 7.20. The fourth-order valence-corrected chi connectivity index (χ4v) is 1.68. The Bertz CT molecular complexity index is 472. The highest BCUT2D eigenvalue weighted by Crippen LogP contribution is 2.03. The highest BCUT2D eigenvalue weighted by atomic mass is 16.3. The Labute approximate surface area is 119 Å². The second kappa shape index (κ2) is 7.65. The molecule has 0 aliphatic carbocycles. The van der Waals surface area contributed by atoms with Gasteiger partial charge in [0.1, 0.15) is 0 Å². The van der Waals surface area contributed by atoms with Gasteiger partial charge in [-0.15, -0.1) is 0 Å². The zero-order valence-corrected chi connectivity index (χ0v) is 12.2. The van der Waals surface area contributed by atoms with Gasteiger partial charge in [0.25, 0.3) is 5.91 Å². The number of benzene rings is 1. The van der Waals surface area contributed by atoms with Crippen LogP contribution in [-0.2, 0) is 4.79 Å². The maximum Gasteiger partial charge on any atom is 0.251 e. The Balaban J connectivity index is 2.42. The third-order valence-electron chi connectivity index (χ3n) is 2.99. The number of aliphatic hydroxyl groups excluding tert-OH is 1. The minimum atomic E-state index is -0.438. The molecular weight excluding hydrogens is 256 g/mol. The van der Waals surface area contributed by atoms with Crippen LogP contribution < -0.4 is 5.32 Å². The van der Waals surface area contributed by atoms with Crippen molar-refractivity contribution in [1.29, 1.82) is 0 Å². The molecule has 0 radical (unpaired) electrons. The fourth-order valence-electron chi connectivity index (χ4n) is 1.68. The van der Waals surface area contributed by atoms with Crippen LogP contribution in [0.4, 0.5) is 0 Å². The first-order valence-electron chi connectivity index (χ1n) is 6.67. The van der Waals surface area contributed by atoms with Crippen molar-refractivity contribution in [3.05, 3.63) is 35.4 Å². The molecule has 1 aromatic carbocycles. The van der Waals surface area contributed by atoms with E-state index in [9.17, 15) is 9.59 Å². The highest BCUT2D eigenvalue weighted by molar-refractivity contribution is 5.96. The van der Waals surface area contributed by atoms with Crippen molar-refractivity contribution < 1.29 is 14.7 Å². The Hall–Kier alpha value is -1.88. The molecule has 0 fully saturated rings. The van der Waals surface area contributed by atoms with Gasteiger partial charge in [-0.2, -0.15) is 0 Å². The third kappa shape index (κ3) is 5.40. The first-order chi connectivity index (χ1) is 9.40. The maximum atomic E-state index is 11.9. The van der Waals surface area contributed by atoms with E-state index in [0.717, 1.165) is 5.56 Å². The molecule has 2 amide bonds. The molecule has 5 heteroatoms. The van der Waals surface area contributed by atoms with Crippen molar-refractivity contribution in [2.45, 2.75) is 26.4 Å². The molecule has 0 spiro atoms. The van der Waals surface area contributed by atoms with Gasteiger partial charge in [0.15, 0.2) is 0 Å². The number of hydrogen-bond acceptors (Lipinski definition) is 3. The molecule has 1 unspecified atom stereocenters. The zero-order valence-electron chi connectivity index (χ0n) is 12.2. The van der Waals surface area contributed by atoms with Crippen LogP contribution in [0, 0.1) is 6.92 Å². The lowest BCUT2D eigenvalue weighted by Crippen LogP contribution is -2.39. The lowest BCUT2D eigenvalue weighted by atomic mass is 10.1. The number of carbonyl (C=O) groups is 2. The van der Waals surface area contributed by atoms with Crippen LogP contribution in [0.2, 0.25) is 0 Å². The summed E-state index contributed by atoms with van der Waals surface area (Å²) in [6.45, 7) is 4.02. The Morgan fingerprint density at radius 1 is 1.40 bits per heavy atom. The lowest BCUT2D eigenvalue weighted by molar-refractivity contribution is -0.129. The van der Waals surface area contributed by atoms with Gasteiger partial charge in [0, 0.05) is 19.2 Å². The Morgan fingerprint density at radius 2 is 2.10 bits per heavy atom. The summed E-state index contributed by atoms with van der Waals surface area (Å²) in [5.41, 5.74) is 1.54. The molecule has 0 heterocycles. The van der Waals surface area contributed by atoms with Gasteiger partial charge in [-0.25, -0.2) is 0 Å². The van der Waals surface area contributed by atoms with Gasteiger partial charge in [0.2, 0.25) is 5.91 Å². The summed E-state index contributed by atoms with van der Waals surface area (Å²) >= 11 is 0. The van der Waals surface area contributed by atoms with Crippen LogP contribution in [0.1, 0.15) is 29.3 Å². The number of nitrogens with one attached hydrogen (secondary N) is 1. The average Bonchev–Trinajstić information content (AvgIpc) is 2.41. The second-order valence-corrected chi connectivity index (χ2v) is 5.01. The SMILES string of the molecule is Cc1cccc(C(=O)NCC(=O)N(C)CCC(C)O)c1. The van der Waals surface area contributed by atoms with E-state index in [-0.39, 0.29) is 18.4 Å².